The van der Waals surface area contributed by atoms with Crippen LogP contribution in [0.2, 0.25) is 0 Å². The molecule has 1 saturated heterocycles. The Morgan fingerprint density at radius 3 is 2.62 bits per heavy atom. The Bertz CT molecular complexity index is 522. The molecule has 1 aromatic carbocycles. The van der Waals surface area contributed by atoms with Crippen molar-refractivity contribution in [2.45, 2.75) is 20.3 Å². The Morgan fingerprint density at radius 2 is 2.00 bits per heavy atom. The van der Waals surface area contributed by atoms with Gasteiger partial charge in [0.15, 0.2) is 0 Å². The summed E-state index contributed by atoms with van der Waals surface area (Å²) in [6.07, 6.45) is 0.278. The topological polar surface area (TPSA) is 58.6 Å². The number of benzene rings is 1. The molecule has 1 aliphatic heterocycles. The van der Waals surface area contributed by atoms with Crippen LogP contribution in [0, 0.1) is 19.8 Å². The standard InChI is InChI=1S/C16H22N2O3/c1-11-6-12(2)8-14(7-11)17-16(20)13-9-15(19)18(10-13)4-5-21-3/h6-8,13H,4-5,9-10H2,1-3H3,(H,17,20). The molecule has 2 rings (SSSR count). The van der Waals surface area contributed by atoms with E-state index in [1.54, 1.807) is 12.0 Å². The number of hydrogen-bond donors (Lipinski definition) is 1. The minimum absolute atomic E-state index is 0.0209. The van der Waals surface area contributed by atoms with E-state index in [9.17, 15) is 9.59 Å². The second-order valence-corrected chi connectivity index (χ2v) is 5.60. The summed E-state index contributed by atoms with van der Waals surface area (Å²) in [5.74, 6) is -0.351. The molecular formula is C16H22N2O3. The second-order valence-electron chi connectivity index (χ2n) is 5.60. The minimum Gasteiger partial charge on any atom is -0.383 e. The molecule has 0 saturated carbocycles. The van der Waals surface area contributed by atoms with Gasteiger partial charge in [-0.15, -0.1) is 0 Å². The quantitative estimate of drug-likeness (QED) is 0.898. The smallest absolute Gasteiger partial charge is 0.229 e. The molecule has 2 amide bonds. The van der Waals surface area contributed by atoms with Gasteiger partial charge in [-0.05, 0) is 37.1 Å². The number of carbonyl (C=O) groups is 2. The van der Waals surface area contributed by atoms with Crippen LogP contribution in [0.5, 0.6) is 0 Å². The van der Waals surface area contributed by atoms with Crippen LogP contribution in [0.1, 0.15) is 17.5 Å². The summed E-state index contributed by atoms with van der Waals surface area (Å²) in [6, 6.07) is 5.93. The van der Waals surface area contributed by atoms with Crippen molar-refractivity contribution in [1.82, 2.24) is 4.90 Å². The Kier molecular flexibility index (Phi) is 4.96. The summed E-state index contributed by atoms with van der Waals surface area (Å²) in [5.41, 5.74) is 3.00. The lowest BCUT2D eigenvalue weighted by Crippen LogP contribution is -2.30. The number of amides is 2. The van der Waals surface area contributed by atoms with E-state index in [4.69, 9.17) is 4.74 Å². The van der Waals surface area contributed by atoms with Crippen molar-refractivity contribution >= 4 is 17.5 Å². The Balaban J connectivity index is 1.96. The van der Waals surface area contributed by atoms with Crippen molar-refractivity contribution in [3.8, 4) is 0 Å². The molecular weight excluding hydrogens is 268 g/mol. The molecule has 1 N–H and O–H groups in total. The van der Waals surface area contributed by atoms with Gasteiger partial charge in [-0.2, -0.15) is 0 Å². The van der Waals surface area contributed by atoms with Crippen molar-refractivity contribution in [2.75, 3.05) is 32.1 Å². The van der Waals surface area contributed by atoms with E-state index >= 15 is 0 Å². The normalized spacial score (nSPS) is 18.1. The van der Waals surface area contributed by atoms with Gasteiger partial charge >= 0.3 is 0 Å². The maximum absolute atomic E-state index is 12.3. The SMILES string of the molecule is COCCN1CC(C(=O)Nc2cc(C)cc(C)c2)CC1=O. The fourth-order valence-electron chi connectivity index (χ4n) is 2.66. The molecule has 5 heteroatoms. The predicted molar refractivity (Wildman–Crippen MR) is 81.1 cm³/mol. The predicted octanol–water partition coefficient (Wildman–Crippen LogP) is 1.74. The lowest BCUT2D eigenvalue weighted by molar-refractivity contribution is -0.128. The van der Waals surface area contributed by atoms with Crippen LogP contribution in [-0.4, -0.2) is 43.5 Å². The average Bonchev–Trinajstić information content (AvgIpc) is 2.76. The number of aryl methyl sites for hydroxylation is 2. The van der Waals surface area contributed by atoms with Crippen LogP contribution >= 0.6 is 0 Å². The van der Waals surface area contributed by atoms with Crippen LogP contribution < -0.4 is 5.32 Å². The number of anilines is 1. The summed E-state index contributed by atoms with van der Waals surface area (Å²) in [7, 11) is 1.60. The van der Waals surface area contributed by atoms with Gasteiger partial charge in [-0.25, -0.2) is 0 Å². The van der Waals surface area contributed by atoms with Crippen LogP contribution in [0.25, 0.3) is 0 Å². The van der Waals surface area contributed by atoms with E-state index in [2.05, 4.69) is 11.4 Å². The van der Waals surface area contributed by atoms with Gasteiger partial charge in [0.25, 0.3) is 0 Å². The molecule has 0 radical (unpaired) electrons. The lowest BCUT2D eigenvalue weighted by Gasteiger charge is -2.16. The van der Waals surface area contributed by atoms with Gasteiger partial charge < -0.3 is 15.0 Å². The van der Waals surface area contributed by atoms with E-state index < -0.39 is 0 Å². The van der Waals surface area contributed by atoms with Gasteiger partial charge in [-0.1, -0.05) is 6.07 Å². The van der Waals surface area contributed by atoms with Crippen molar-refractivity contribution < 1.29 is 14.3 Å². The van der Waals surface area contributed by atoms with Crippen molar-refractivity contribution in [1.29, 1.82) is 0 Å². The molecule has 21 heavy (non-hydrogen) atoms. The fourth-order valence-corrected chi connectivity index (χ4v) is 2.66. The number of rotatable bonds is 5. The zero-order chi connectivity index (χ0) is 15.4. The first kappa shape index (κ1) is 15.5. The molecule has 1 fully saturated rings. The Morgan fingerprint density at radius 1 is 1.33 bits per heavy atom. The van der Waals surface area contributed by atoms with Gasteiger partial charge in [0, 0.05) is 32.3 Å². The number of hydrogen-bond acceptors (Lipinski definition) is 3. The first-order valence-electron chi connectivity index (χ1n) is 7.15. The third-order valence-electron chi connectivity index (χ3n) is 3.64. The van der Waals surface area contributed by atoms with Gasteiger partial charge in [0.05, 0.1) is 12.5 Å². The molecule has 0 bridgehead atoms. The van der Waals surface area contributed by atoms with Crippen LogP contribution in [-0.2, 0) is 14.3 Å². The summed E-state index contributed by atoms with van der Waals surface area (Å²) in [6.45, 7) is 5.50. The highest BCUT2D eigenvalue weighted by Crippen LogP contribution is 2.21. The zero-order valence-corrected chi connectivity index (χ0v) is 12.8. The average molecular weight is 290 g/mol. The lowest BCUT2D eigenvalue weighted by atomic mass is 10.1. The molecule has 5 nitrogen and oxygen atoms in total. The van der Waals surface area contributed by atoms with Gasteiger partial charge in [0.1, 0.15) is 0 Å². The first-order chi connectivity index (χ1) is 9.99. The van der Waals surface area contributed by atoms with E-state index in [0.29, 0.717) is 19.7 Å². The third kappa shape index (κ3) is 4.04. The highest BCUT2D eigenvalue weighted by molar-refractivity contribution is 5.97. The number of methoxy groups -OCH3 is 1. The number of nitrogens with zero attached hydrogens (tertiary/aromatic N) is 1. The van der Waals surface area contributed by atoms with E-state index in [-0.39, 0.29) is 24.2 Å². The van der Waals surface area contributed by atoms with E-state index in [1.165, 1.54) is 0 Å². The Labute approximate surface area is 125 Å². The second kappa shape index (κ2) is 6.72. The highest BCUT2D eigenvalue weighted by Gasteiger charge is 2.33. The van der Waals surface area contributed by atoms with Crippen LogP contribution in [0.4, 0.5) is 5.69 Å². The maximum atomic E-state index is 12.3. The highest BCUT2D eigenvalue weighted by atomic mass is 16.5. The molecule has 1 aromatic rings. The van der Waals surface area contributed by atoms with Crippen LogP contribution in [0.3, 0.4) is 0 Å². The fraction of sp³-hybridized carbons (Fsp3) is 0.500. The maximum Gasteiger partial charge on any atom is 0.229 e. The molecule has 0 spiro atoms. The largest absolute Gasteiger partial charge is 0.383 e. The zero-order valence-electron chi connectivity index (χ0n) is 12.8. The minimum atomic E-state index is -0.282. The van der Waals surface area contributed by atoms with Crippen LogP contribution in [0.15, 0.2) is 18.2 Å². The molecule has 114 valence electrons. The molecule has 1 unspecified atom stereocenters. The summed E-state index contributed by atoms with van der Waals surface area (Å²) < 4.78 is 4.98. The van der Waals surface area contributed by atoms with Gasteiger partial charge in [0.2, 0.25) is 11.8 Å². The monoisotopic (exact) mass is 290 g/mol. The Hall–Kier alpha value is -1.88. The molecule has 0 aromatic heterocycles. The van der Waals surface area contributed by atoms with Crippen molar-refractivity contribution in [3.63, 3.8) is 0 Å². The van der Waals surface area contributed by atoms with Gasteiger partial charge in [-0.3, -0.25) is 9.59 Å². The number of ether oxygens (including phenoxy) is 1. The van der Waals surface area contributed by atoms with Crippen molar-refractivity contribution in [2.24, 2.45) is 5.92 Å². The number of likely N-dealkylation sites (tertiary alicyclic amines) is 1. The first-order valence-corrected chi connectivity index (χ1v) is 7.15. The number of nitrogens with one attached hydrogen (secondary N) is 1. The number of carbonyl (C=O) groups excluding carboxylic acids is 2. The van der Waals surface area contributed by atoms with Crippen molar-refractivity contribution in [3.05, 3.63) is 29.3 Å². The summed E-state index contributed by atoms with van der Waals surface area (Å²) >= 11 is 0. The van der Waals surface area contributed by atoms with E-state index in [1.807, 2.05) is 26.0 Å². The summed E-state index contributed by atoms with van der Waals surface area (Å²) in [5, 5.41) is 2.91. The molecule has 1 heterocycles. The molecule has 1 aliphatic rings. The third-order valence-corrected chi connectivity index (χ3v) is 3.64. The molecule has 0 aliphatic carbocycles. The van der Waals surface area contributed by atoms with E-state index in [0.717, 1.165) is 16.8 Å². The summed E-state index contributed by atoms with van der Waals surface area (Å²) in [4.78, 5) is 25.8. The molecule has 1 atom stereocenters.